The van der Waals surface area contributed by atoms with Gasteiger partial charge in [-0.25, -0.2) is 4.98 Å². The van der Waals surface area contributed by atoms with Crippen molar-refractivity contribution in [1.82, 2.24) is 14.8 Å². The molecule has 1 fully saturated rings. The highest BCUT2D eigenvalue weighted by molar-refractivity contribution is 7.09. The maximum absolute atomic E-state index is 13.1. The van der Waals surface area contributed by atoms with E-state index in [9.17, 15) is 13.2 Å². The van der Waals surface area contributed by atoms with Crippen LogP contribution in [0.15, 0.2) is 29.6 Å². The molecule has 0 aliphatic carbocycles. The number of hydrogen-bond donors (Lipinski definition) is 0. The van der Waals surface area contributed by atoms with Gasteiger partial charge in [0, 0.05) is 44.6 Å². The smallest absolute Gasteiger partial charge is 0.297 e. The molecule has 7 heteroatoms. The molecule has 1 aliphatic rings. The van der Waals surface area contributed by atoms with Crippen molar-refractivity contribution in [2.75, 3.05) is 26.2 Å². The Hall–Kier alpha value is -1.44. The molecule has 0 atom stereocenters. The van der Waals surface area contributed by atoms with Crippen LogP contribution in [0.5, 0.6) is 0 Å². The van der Waals surface area contributed by atoms with E-state index in [-0.39, 0.29) is 0 Å². The van der Waals surface area contributed by atoms with Crippen molar-refractivity contribution in [3.8, 4) is 0 Å². The lowest BCUT2D eigenvalue weighted by molar-refractivity contribution is -0.138. The summed E-state index contributed by atoms with van der Waals surface area (Å²) < 4.78 is 39.2. The van der Waals surface area contributed by atoms with Crippen molar-refractivity contribution in [2.24, 2.45) is 0 Å². The molecule has 24 heavy (non-hydrogen) atoms. The summed E-state index contributed by atoms with van der Waals surface area (Å²) in [6, 6.07) is 5.86. The molecule has 130 valence electrons. The van der Waals surface area contributed by atoms with Crippen LogP contribution in [0, 0.1) is 6.92 Å². The molecule has 0 saturated carbocycles. The van der Waals surface area contributed by atoms with Gasteiger partial charge in [-0.05, 0) is 18.6 Å². The summed E-state index contributed by atoms with van der Waals surface area (Å²) in [6.07, 6.45) is -4.29. The zero-order valence-electron chi connectivity index (χ0n) is 13.5. The first kappa shape index (κ1) is 17.4. The van der Waals surface area contributed by atoms with Crippen molar-refractivity contribution < 1.29 is 13.2 Å². The van der Waals surface area contributed by atoms with E-state index in [2.05, 4.69) is 20.2 Å². The van der Waals surface area contributed by atoms with E-state index in [4.69, 9.17) is 0 Å². The Balaban J connectivity index is 1.56. The lowest BCUT2D eigenvalue weighted by Gasteiger charge is -2.34. The third-order valence-electron chi connectivity index (χ3n) is 4.23. The molecule has 2 heterocycles. The molecule has 0 N–H and O–H groups in total. The number of aryl methyl sites for hydroxylation is 1. The van der Waals surface area contributed by atoms with Crippen LogP contribution in [0.25, 0.3) is 0 Å². The van der Waals surface area contributed by atoms with Crippen molar-refractivity contribution >= 4 is 11.3 Å². The van der Waals surface area contributed by atoms with Gasteiger partial charge >= 0.3 is 6.18 Å². The zero-order valence-corrected chi connectivity index (χ0v) is 14.3. The monoisotopic (exact) mass is 355 g/mol. The summed E-state index contributed by atoms with van der Waals surface area (Å²) >= 11 is 1.64. The number of halogens is 3. The first-order valence-electron chi connectivity index (χ1n) is 7.92. The second kappa shape index (κ2) is 7.21. The number of thiazole rings is 1. The van der Waals surface area contributed by atoms with E-state index in [0.29, 0.717) is 12.1 Å². The van der Waals surface area contributed by atoms with Crippen molar-refractivity contribution in [1.29, 1.82) is 0 Å². The minimum atomic E-state index is -4.29. The van der Waals surface area contributed by atoms with E-state index >= 15 is 0 Å². The summed E-state index contributed by atoms with van der Waals surface area (Å²) in [5.74, 6) is 0. The SMILES string of the molecule is Cc1nc(CN2CCN(Cc3ccccc3C(F)(F)F)CC2)cs1. The summed E-state index contributed by atoms with van der Waals surface area (Å²) in [6.45, 7) is 6.40. The fraction of sp³-hybridized carbons (Fsp3) is 0.471. The quantitative estimate of drug-likeness (QED) is 0.832. The minimum absolute atomic E-state index is 0.347. The largest absolute Gasteiger partial charge is 0.416 e. The fourth-order valence-electron chi connectivity index (χ4n) is 2.99. The number of alkyl halides is 3. The normalized spacial score (nSPS) is 17.3. The lowest BCUT2D eigenvalue weighted by Crippen LogP contribution is -2.45. The molecule has 1 aromatic carbocycles. The van der Waals surface area contributed by atoms with Crippen LogP contribution in [0.2, 0.25) is 0 Å². The van der Waals surface area contributed by atoms with E-state index < -0.39 is 11.7 Å². The van der Waals surface area contributed by atoms with Gasteiger partial charge < -0.3 is 0 Å². The second-order valence-electron chi connectivity index (χ2n) is 6.07. The highest BCUT2D eigenvalue weighted by Gasteiger charge is 2.33. The molecule has 2 aromatic rings. The maximum atomic E-state index is 13.1. The van der Waals surface area contributed by atoms with Gasteiger partial charge in [0.05, 0.1) is 16.3 Å². The number of hydrogen-bond acceptors (Lipinski definition) is 4. The maximum Gasteiger partial charge on any atom is 0.416 e. The van der Waals surface area contributed by atoms with Gasteiger partial charge in [-0.1, -0.05) is 18.2 Å². The first-order valence-corrected chi connectivity index (χ1v) is 8.80. The van der Waals surface area contributed by atoms with Crippen LogP contribution in [0.1, 0.15) is 21.8 Å². The van der Waals surface area contributed by atoms with Crippen LogP contribution in [0.4, 0.5) is 13.2 Å². The van der Waals surface area contributed by atoms with Crippen molar-refractivity contribution in [3.63, 3.8) is 0 Å². The predicted octanol–water partition coefficient (Wildman–Crippen LogP) is 3.79. The predicted molar refractivity (Wildman–Crippen MR) is 88.8 cm³/mol. The Morgan fingerprint density at radius 3 is 2.25 bits per heavy atom. The van der Waals surface area contributed by atoms with Gasteiger partial charge in [0.2, 0.25) is 0 Å². The van der Waals surface area contributed by atoms with Crippen molar-refractivity contribution in [3.05, 3.63) is 51.5 Å². The Kier molecular flexibility index (Phi) is 5.22. The number of piperazine rings is 1. The van der Waals surface area contributed by atoms with Gasteiger partial charge in [0.25, 0.3) is 0 Å². The molecule has 1 aromatic heterocycles. The molecular formula is C17H20F3N3S. The molecule has 0 spiro atoms. The Bertz CT molecular complexity index is 676. The average molecular weight is 355 g/mol. The van der Waals surface area contributed by atoms with Gasteiger partial charge in [0.15, 0.2) is 0 Å². The number of aromatic nitrogens is 1. The van der Waals surface area contributed by atoms with Gasteiger partial charge in [-0.2, -0.15) is 13.2 Å². The van der Waals surface area contributed by atoms with Gasteiger partial charge in [-0.3, -0.25) is 9.80 Å². The molecular weight excluding hydrogens is 335 g/mol. The molecule has 0 bridgehead atoms. The molecule has 3 rings (SSSR count). The van der Waals surface area contributed by atoms with Gasteiger partial charge in [-0.15, -0.1) is 11.3 Å². The van der Waals surface area contributed by atoms with E-state index in [1.807, 2.05) is 6.92 Å². The Labute approximate surface area is 143 Å². The molecule has 3 nitrogen and oxygen atoms in total. The molecule has 0 radical (unpaired) electrons. The lowest BCUT2D eigenvalue weighted by atomic mass is 10.1. The van der Waals surface area contributed by atoms with Crippen LogP contribution in [-0.2, 0) is 19.3 Å². The summed E-state index contributed by atoms with van der Waals surface area (Å²) in [7, 11) is 0. The second-order valence-corrected chi connectivity index (χ2v) is 7.13. The topological polar surface area (TPSA) is 19.4 Å². The van der Waals surface area contributed by atoms with Crippen LogP contribution in [-0.4, -0.2) is 41.0 Å². The fourth-order valence-corrected chi connectivity index (χ4v) is 3.59. The summed E-state index contributed by atoms with van der Waals surface area (Å²) in [5.41, 5.74) is 0.910. The molecule has 0 unspecified atom stereocenters. The summed E-state index contributed by atoms with van der Waals surface area (Å²) in [5, 5.41) is 3.13. The van der Waals surface area contributed by atoms with Crippen LogP contribution in [0.3, 0.4) is 0 Å². The Morgan fingerprint density at radius 2 is 1.67 bits per heavy atom. The minimum Gasteiger partial charge on any atom is -0.297 e. The highest BCUT2D eigenvalue weighted by Crippen LogP contribution is 2.32. The number of nitrogens with zero attached hydrogens (tertiary/aromatic N) is 3. The van der Waals surface area contributed by atoms with Crippen LogP contribution >= 0.6 is 11.3 Å². The number of benzene rings is 1. The molecule has 1 aliphatic heterocycles. The van der Waals surface area contributed by atoms with Crippen LogP contribution < -0.4 is 0 Å². The highest BCUT2D eigenvalue weighted by atomic mass is 32.1. The van der Waals surface area contributed by atoms with E-state index in [1.165, 1.54) is 6.07 Å². The first-order chi connectivity index (χ1) is 11.4. The molecule has 1 saturated heterocycles. The zero-order chi connectivity index (χ0) is 17.2. The van der Waals surface area contributed by atoms with E-state index in [0.717, 1.165) is 49.5 Å². The Morgan fingerprint density at radius 1 is 1.04 bits per heavy atom. The van der Waals surface area contributed by atoms with Gasteiger partial charge in [0.1, 0.15) is 0 Å². The van der Waals surface area contributed by atoms with E-state index in [1.54, 1.807) is 23.5 Å². The van der Waals surface area contributed by atoms with Crippen molar-refractivity contribution in [2.45, 2.75) is 26.2 Å². The number of rotatable bonds is 4. The third kappa shape index (κ3) is 4.34. The average Bonchev–Trinajstić information content (AvgIpc) is 2.94. The standard InChI is InChI=1S/C17H20F3N3S/c1-13-21-15(12-24-13)11-23-8-6-22(7-9-23)10-14-4-2-3-5-16(14)17(18,19)20/h2-5,12H,6-11H2,1H3. The summed E-state index contributed by atoms with van der Waals surface area (Å²) in [4.78, 5) is 8.87. The molecule has 0 amide bonds. The third-order valence-corrected chi connectivity index (χ3v) is 5.06.